The van der Waals surface area contributed by atoms with E-state index in [0.717, 1.165) is 66.7 Å². The van der Waals surface area contributed by atoms with E-state index in [1.165, 1.54) is 11.1 Å². The molecule has 5 rings (SSSR count). The summed E-state index contributed by atoms with van der Waals surface area (Å²) in [6.45, 7) is 9.03. The van der Waals surface area contributed by atoms with Crippen molar-refractivity contribution in [2.75, 3.05) is 13.2 Å². The van der Waals surface area contributed by atoms with E-state index in [9.17, 15) is 4.79 Å². The fourth-order valence-corrected chi connectivity index (χ4v) is 5.42. The number of H-pyrrole nitrogens is 1. The van der Waals surface area contributed by atoms with Crippen LogP contribution in [0.25, 0.3) is 10.9 Å². The van der Waals surface area contributed by atoms with Crippen LogP contribution in [-0.2, 0) is 24.2 Å². The third-order valence-corrected chi connectivity index (χ3v) is 7.39. The fourth-order valence-electron chi connectivity index (χ4n) is 5.42. The summed E-state index contributed by atoms with van der Waals surface area (Å²) in [5.74, 6) is 0.829. The van der Waals surface area contributed by atoms with Gasteiger partial charge in [-0.25, -0.2) is 4.68 Å². The summed E-state index contributed by atoms with van der Waals surface area (Å²) in [4.78, 5) is 18.7. The molecule has 1 N–H and O–H groups in total. The number of nitrogens with zero attached hydrogens (tertiary/aromatic N) is 5. The molecular formula is C29H36N6O2. The zero-order chi connectivity index (χ0) is 25.8. The lowest BCUT2D eigenvalue weighted by Gasteiger charge is -2.30. The predicted octanol–water partition coefficient (Wildman–Crippen LogP) is 4.51. The number of aromatic nitrogens is 5. The van der Waals surface area contributed by atoms with Gasteiger partial charge < -0.3 is 9.72 Å². The number of fused-ring (bicyclic) bond motifs is 1. The van der Waals surface area contributed by atoms with E-state index in [1.807, 2.05) is 29.8 Å². The van der Waals surface area contributed by atoms with Crippen LogP contribution < -0.4 is 5.56 Å². The molecule has 2 aromatic heterocycles. The molecule has 2 atom stereocenters. The maximum Gasteiger partial charge on any atom is 0.252 e. The smallest absolute Gasteiger partial charge is 0.252 e. The average Bonchev–Trinajstić information content (AvgIpc) is 3.57. The van der Waals surface area contributed by atoms with Gasteiger partial charge in [0.05, 0.1) is 24.2 Å². The van der Waals surface area contributed by atoms with Crippen LogP contribution in [0.3, 0.4) is 0 Å². The van der Waals surface area contributed by atoms with E-state index < -0.39 is 0 Å². The Morgan fingerprint density at radius 3 is 2.84 bits per heavy atom. The molecule has 0 radical (unpaired) electrons. The fraction of sp³-hybridized carbons (Fsp3) is 0.448. The van der Waals surface area contributed by atoms with Crippen LogP contribution in [0.5, 0.6) is 0 Å². The van der Waals surface area contributed by atoms with Gasteiger partial charge in [-0.3, -0.25) is 9.69 Å². The number of aryl methyl sites for hydroxylation is 2. The third-order valence-electron chi connectivity index (χ3n) is 7.39. The van der Waals surface area contributed by atoms with Gasteiger partial charge in [0, 0.05) is 25.3 Å². The molecule has 0 unspecified atom stereocenters. The Morgan fingerprint density at radius 1 is 1.19 bits per heavy atom. The molecule has 0 saturated carbocycles. The van der Waals surface area contributed by atoms with Crippen molar-refractivity contribution in [1.82, 2.24) is 30.1 Å². The van der Waals surface area contributed by atoms with Gasteiger partial charge in [0.25, 0.3) is 5.56 Å². The van der Waals surface area contributed by atoms with Gasteiger partial charge in [0.1, 0.15) is 0 Å². The molecule has 4 aromatic rings. The minimum Gasteiger partial charge on any atom is -0.376 e. The molecule has 1 saturated heterocycles. The zero-order valence-corrected chi connectivity index (χ0v) is 22.0. The second-order valence-corrected chi connectivity index (χ2v) is 10.2. The number of para-hydroxylation sites is 1. The minimum absolute atomic E-state index is 0.0335. The summed E-state index contributed by atoms with van der Waals surface area (Å²) in [5, 5.41) is 13.9. The number of hydrogen-bond acceptors (Lipinski definition) is 6. The van der Waals surface area contributed by atoms with E-state index in [-0.39, 0.29) is 17.7 Å². The normalized spacial score (nSPS) is 16.6. The maximum atomic E-state index is 13.2. The van der Waals surface area contributed by atoms with Crippen LogP contribution in [0.2, 0.25) is 0 Å². The lowest BCUT2D eigenvalue weighted by Crippen LogP contribution is -2.34. The van der Waals surface area contributed by atoms with Crippen molar-refractivity contribution in [3.05, 3.63) is 87.0 Å². The molecule has 0 bridgehead atoms. The molecule has 194 valence electrons. The van der Waals surface area contributed by atoms with E-state index in [2.05, 4.69) is 69.6 Å². The zero-order valence-electron chi connectivity index (χ0n) is 22.0. The van der Waals surface area contributed by atoms with Gasteiger partial charge in [0.2, 0.25) is 0 Å². The van der Waals surface area contributed by atoms with Gasteiger partial charge in [-0.1, -0.05) is 55.0 Å². The quantitative estimate of drug-likeness (QED) is 0.345. The van der Waals surface area contributed by atoms with Crippen molar-refractivity contribution < 1.29 is 4.74 Å². The topological polar surface area (TPSA) is 88.9 Å². The van der Waals surface area contributed by atoms with E-state index in [0.29, 0.717) is 13.1 Å². The van der Waals surface area contributed by atoms with Crippen molar-refractivity contribution in [3.63, 3.8) is 0 Å². The number of tetrazole rings is 1. The van der Waals surface area contributed by atoms with Crippen molar-refractivity contribution in [2.45, 2.75) is 71.7 Å². The van der Waals surface area contributed by atoms with Gasteiger partial charge in [-0.15, -0.1) is 5.10 Å². The summed E-state index contributed by atoms with van der Waals surface area (Å²) in [6, 6.07) is 16.7. The Balaban J connectivity index is 1.47. The Bertz CT molecular complexity index is 1410. The number of aromatic amines is 1. The largest absolute Gasteiger partial charge is 0.376 e. The van der Waals surface area contributed by atoms with E-state index in [4.69, 9.17) is 4.74 Å². The first-order valence-electron chi connectivity index (χ1n) is 13.3. The highest BCUT2D eigenvalue weighted by Gasteiger charge is 2.27. The third kappa shape index (κ3) is 5.81. The van der Waals surface area contributed by atoms with E-state index >= 15 is 0 Å². The highest BCUT2D eigenvalue weighted by atomic mass is 16.5. The first-order valence-corrected chi connectivity index (χ1v) is 13.3. The molecule has 37 heavy (non-hydrogen) atoms. The molecular weight excluding hydrogens is 464 g/mol. The summed E-state index contributed by atoms with van der Waals surface area (Å²) in [6.07, 6.45) is 3.94. The van der Waals surface area contributed by atoms with Crippen LogP contribution in [0, 0.1) is 13.8 Å². The number of hydrogen-bond donors (Lipinski definition) is 1. The summed E-state index contributed by atoms with van der Waals surface area (Å²) < 4.78 is 7.76. The monoisotopic (exact) mass is 500 g/mol. The minimum atomic E-state index is -0.0452. The van der Waals surface area contributed by atoms with E-state index in [1.54, 1.807) is 0 Å². The van der Waals surface area contributed by atoms with Crippen molar-refractivity contribution in [3.8, 4) is 0 Å². The molecule has 0 spiro atoms. The summed E-state index contributed by atoms with van der Waals surface area (Å²) in [5.41, 5.74) is 5.20. The molecule has 0 amide bonds. The number of rotatable bonds is 10. The molecule has 1 aliphatic heterocycles. The molecule has 2 aromatic carbocycles. The van der Waals surface area contributed by atoms with Crippen molar-refractivity contribution in [2.24, 2.45) is 0 Å². The lowest BCUT2D eigenvalue weighted by atomic mass is 10.0. The summed E-state index contributed by atoms with van der Waals surface area (Å²) in [7, 11) is 0. The van der Waals surface area contributed by atoms with Gasteiger partial charge in [0.15, 0.2) is 5.82 Å². The number of nitrogens with one attached hydrogen (secondary N) is 1. The van der Waals surface area contributed by atoms with Crippen molar-refractivity contribution in [1.29, 1.82) is 0 Å². The number of ether oxygens (including phenoxy) is 1. The second kappa shape index (κ2) is 11.4. The van der Waals surface area contributed by atoms with Crippen LogP contribution in [-0.4, -0.2) is 49.3 Å². The molecule has 0 aliphatic carbocycles. The number of benzene rings is 2. The Morgan fingerprint density at radius 2 is 2.05 bits per heavy atom. The second-order valence-electron chi connectivity index (χ2n) is 10.2. The summed E-state index contributed by atoms with van der Waals surface area (Å²) >= 11 is 0. The highest BCUT2D eigenvalue weighted by Crippen LogP contribution is 2.26. The predicted molar refractivity (Wildman–Crippen MR) is 144 cm³/mol. The van der Waals surface area contributed by atoms with Crippen LogP contribution >= 0.6 is 0 Å². The lowest BCUT2D eigenvalue weighted by molar-refractivity contribution is 0.0893. The van der Waals surface area contributed by atoms with Crippen molar-refractivity contribution >= 4 is 10.9 Å². The van der Waals surface area contributed by atoms with Gasteiger partial charge >= 0.3 is 0 Å². The molecule has 8 nitrogen and oxygen atoms in total. The highest BCUT2D eigenvalue weighted by molar-refractivity contribution is 5.81. The Labute approximate surface area is 217 Å². The first kappa shape index (κ1) is 25.3. The number of pyridine rings is 1. The Kier molecular flexibility index (Phi) is 7.76. The first-order chi connectivity index (χ1) is 18.0. The molecule has 8 heteroatoms. The van der Waals surface area contributed by atoms with Gasteiger partial charge in [-0.2, -0.15) is 0 Å². The van der Waals surface area contributed by atoms with Gasteiger partial charge in [-0.05, 0) is 72.5 Å². The maximum absolute atomic E-state index is 13.2. The van der Waals surface area contributed by atoms with Crippen LogP contribution in [0.4, 0.5) is 0 Å². The SMILES string of the molecule is CC[C@@H](c1nnnn1C[C@H]1CCCO1)N(CCc1cccc(C)c1)Cc1cc2cccc(C)c2[nH]c1=O. The standard InChI is InChI=1S/C29H36N6O2/c1-4-26(28-31-32-33-35(28)19-25-12-7-15-37-25)34(14-13-22-10-5-8-20(2)16-22)18-24-17-23-11-6-9-21(3)27(23)30-29(24)36/h5-6,8-11,16-17,25-26H,4,7,12-15,18-19H2,1-3H3,(H,30,36)/t25-,26+/m1/s1. The molecule has 1 aliphatic rings. The molecule has 1 fully saturated rings. The molecule has 3 heterocycles. The average molecular weight is 501 g/mol. The van der Waals surface area contributed by atoms with Crippen LogP contribution in [0.1, 0.15) is 60.3 Å². The van der Waals surface area contributed by atoms with Crippen LogP contribution in [0.15, 0.2) is 53.3 Å². The Hall–Kier alpha value is -3.36.